The lowest BCUT2D eigenvalue weighted by atomic mass is 9.83. The molecule has 0 saturated heterocycles. The van der Waals surface area contributed by atoms with Gasteiger partial charge in [0.05, 0.1) is 11.7 Å². The maximum absolute atomic E-state index is 12.0. The highest BCUT2D eigenvalue weighted by molar-refractivity contribution is 5.85. The van der Waals surface area contributed by atoms with Crippen molar-refractivity contribution < 1.29 is 4.79 Å². The van der Waals surface area contributed by atoms with Crippen molar-refractivity contribution in [3.63, 3.8) is 0 Å². The van der Waals surface area contributed by atoms with E-state index in [4.69, 9.17) is 5.73 Å². The zero-order chi connectivity index (χ0) is 13.7. The summed E-state index contributed by atoms with van der Waals surface area (Å²) in [4.78, 5) is 16.3. The summed E-state index contributed by atoms with van der Waals surface area (Å²) in [7, 11) is 0. The van der Waals surface area contributed by atoms with Crippen LogP contribution in [0.25, 0.3) is 0 Å². The Labute approximate surface area is 139 Å². The number of pyridine rings is 1. The second-order valence-electron chi connectivity index (χ2n) is 5.46. The van der Waals surface area contributed by atoms with Crippen molar-refractivity contribution in [3.05, 3.63) is 30.1 Å². The molecule has 0 spiro atoms. The second kappa shape index (κ2) is 9.98. The molecule has 1 saturated carbocycles. The number of carbonyl (C=O) groups is 1. The molecule has 4 nitrogen and oxygen atoms in total. The van der Waals surface area contributed by atoms with Gasteiger partial charge in [0.1, 0.15) is 0 Å². The third-order valence-electron chi connectivity index (χ3n) is 3.92. The van der Waals surface area contributed by atoms with E-state index in [2.05, 4.69) is 10.3 Å². The molecule has 21 heavy (non-hydrogen) atoms. The van der Waals surface area contributed by atoms with Crippen molar-refractivity contribution in [2.45, 2.75) is 51.1 Å². The zero-order valence-corrected chi connectivity index (χ0v) is 14.0. The molecule has 0 bridgehead atoms. The largest absolute Gasteiger partial charge is 0.348 e. The molecule has 1 aliphatic carbocycles. The standard InChI is InChI=1S/C15H23N3O.2ClH/c1-11(14-8-4-5-9-17-14)18-15(19)10-12-6-2-3-7-13(12)16;;/h4-5,8-9,11-13H,2-3,6-7,10,16H2,1H3,(H,18,19);2*1H. The fourth-order valence-corrected chi connectivity index (χ4v) is 2.73. The van der Waals surface area contributed by atoms with Gasteiger partial charge in [-0.2, -0.15) is 0 Å². The first kappa shape index (κ1) is 20.2. The molecule has 0 aromatic carbocycles. The van der Waals surface area contributed by atoms with Gasteiger partial charge in [-0.25, -0.2) is 0 Å². The monoisotopic (exact) mass is 333 g/mol. The van der Waals surface area contributed by atoms with Crippen molar-refractivity contribution in [2.24, 2.45) is 11.7 Å². The van der Waals surface area contributed by atoms with E-state index >= 15 is 0 Å². The van der Waals surface area contributed by atoms with E-state index in [1.54, 1.807) is 6.20 Å². The van der Waals surface area contributed by atoms with Gasteiger partial charge in [0.2, 0.25) is 5.91 Å². The smallest absolute Gasteiger partial charge is 0.220 e. The van der Waals surface area contributed by atoms with E-state index in [1.807, 2.05) is 25.1 Å². The summed E-state index contributed by atoms with van der Waals surface area (Å²) in [5.74, 6) is 0.421. The van der Waals surface area contributed by atoms with Crippen LogP contribution in [-0.2, 0) is 4.79 Å². The minimum Gasteiger partial charge on any atom is -0.348 e. The summed E-state index contributed by atoms with van der Waals surface area (Å²) >= 11 is 0. The molecule has 1 fully saturated rings. The SMILES string of the molecule is CC(NC(=O)CC1CCCCC1N)c1ccccn1.Cl.Cl. The Kier molecular flexibility index (Phi) is 9.58. The van der Waals surface area contributed by atoms with E-state index < -0.39 is 0 Å². The number of amides is 1. The van der Waals surface area contributed by atoms with E-state index in [-0.39, 0.29) is 42.8 Å². The molecule has 3 atom stereocenters. The van der Waals surface area contributed by atoms with Crippen LogP contribution in [0.1, 0.15) is 50.8 Å². The molecule has 0 aliphatic heterocycles. The normalized spacial score (nSPS) is 22.4. The molecule has 1 aliphatic rings. The third-order valence-corrected chi connectivity index (χ3v) is 3.92. The molecule has 1 aromatic heterocycles. The lowest BCUT2D eigenvalue weighted by Crippen LogP contribution is -2.37. The Morgan fingerprint density at radius 1 is 1.38 bits per heavy atom. The number of carbonyl (C=O) groups excluding carboxylic acids is 1. The summed E-state index contributed by atoms with van der Waals surface area (Å²) in [6, 6.07) is 5.87. The minimum absolute atomic E-state index is 0. The minimum atomic E-state index is -0.0477. The lowest BCUT2D eigenvalue weighted by Gasteiger charge is -2.28. The summed E-state index contributed by atoms with van der Waals surface area (Å²) in [6.45, 7) is 1.96. The Bertz CT molecular complexity index is 417. The zero-order valence-electron chi connectivity index (χ0n) is 12.3. The maximum Gasteiger partial charge on any atom is 0.220 e. The van der Waals surface area contributed by atoms with Gasteiger partial charge in [0.15, 0.2) is 0 Å². The number of hydrogen-bond acceptors (Lipinski definition) is 3. The van der Waals surface area contributed by atoms with Crippen LogP contribution in [0.3, 0.4) is 0 Å². The Balaban J connectivity index is 0.00000200. The molecule has 1 amide bonds. The van der Waals surface area contributed by atoms with Gasteiger partial charge < -0.3 is 11.1 Å². The van der Waals surface area contributed by atoms with Crippen LogP contribution < -0.4 is 11.1 Å². The van der Waals surface area contributed by atoms with E-state index in [0.29, 0.717) is 12.3 Å². The number of nitrogens with two attached hydrogens (primary N) is 1. The number of nitrogens with one attached hydrogen (secondary N) is 1. The van der Waals surface area contributed by atoms with Crippen LogP contribution in [0.5, 0.6) is 0 Å². The Morgan fingerprint density at radius 2 is 2.10 bits per heavy atom. The highest BCUT2D eigenvalue weighted by Gasteiger charge is 2.24. The molecule has 3 N–H and O–H groups in total. The topological polar surface area (TPSA) is 68.0 Å². The van der Waals surface area contributed by atoms with Crippen molar-refractivity contribution in [2.75, 3.05) is 0 Å². The molecule has 120 valence electrons. The maximum atomic E-state index is 12.0. The fourth-order valence-electron chi connectivity index (χ4n) is 2.73. The summed E-state index contributed by atoms with van der Waals surface area (Å²) < 4.78 is 0. The first-order chi connectivity index (χ1) is 9.16. The van der Waals surface area contributed by atoms with Gasteiger partial charge in [-0.1, -0.05) is 18.9 Å². The number of halogens is 2. The molecular weight excluding hydrogens is 309 g/mol. The van der Waals surface area contributed by atoms with E-state index in [1.165, 1.54) is 12.8 Å². The van der Waals surface area contributed by atoms with Crippen molar-refractivity contribution in [3.8, 4) is 0 Å². The summed E-state index contributed by atoms with van der Waals surface area (Å²) in [5.41, 5.74) is 6.97. The van der Waals surface area contributed by atoms with Crippen LogP contribution in [0.2, 0.25) is 0 Å². The quantitative estimate of drug-likeness (QED) is 0.889. The third kappa shape index (κ3) is 6.20. The average molecular weight is 334 g/mol. The van der Waals surface area contributed by atoms with Gasteiger partial charge >= 0.3 is 0 Å². The summed E-state index contributed by atoms with van der Waals surface area (Å²) in [6.07, 6.45) is 6.80. The molecular formula is C15H25Cl2N3O. The van der Waals surface area contributed by atoms with Crippen LogP contribution >= 0.6 is 24.8 Å². The molecule has 3 unspecified atom stereocenters. The Hall–Kier alpha value is -0.840. The van der Waals surface area contributed by atoms with Crippen LogP contribution in [0, 0.1) is 5.92 Å². The lowest BCUT2D eigenvalue weighted by molar-refractivity contribution is -0.123. The van der Waals surface area contributed by atoms with Crippen LogP contribution in [0.15, 0.2) is 24.4 Å². The van der Waals surface area contributed by atoms with Gasteiger partial charge in [0.25, 0.3) is 0 Å². The van der Waals surface area contributed by atoms with Gasteiger partial charge in [0, 0.05) is 18.7 Å². The van der Waals surface area contributed by atoms with Crippen LogP contribution in [0.4, 0.5) is 0 Å². The van der Waals surface area contributed by atoms with Crippen molar-refractivity contribution in [1.29, 1.82) is 0 Å². The summed E-state index contributed by atoms with van der Waals surface area (Å²) in [5, 5.41) is 3.01. The average Bonchev–Trinajstić information content (AvgIpc) is 2.42. The number of rotatable bonds is 4. The fraction of sp³-hybridized carbons (Fsp3) is 0.600. The molecule has 1 aromatic rings. The van der Waals surface area contributed by atoms with Crippen molar-refractivity contribution in [1.82, 2.24) is 10.3 Å². The van der Waals surface area contributed by atoms with Gasteiger partial charge in [-0.15, -0.1) is 24.8 Å². The molecule has 0 radical (unpaired) electrons. The van der Waals surface area contributed by atoms with Crippen molar-refractivity contribution >= 4 is 30.7 Å². The highest BCUT2D eigenvalue weighted by Crippen LogP contribution is 2.25. The van der Waals surface area contributed by atoms with E-state index in [9.17, 15) is 4.79 Å². The first-order valence-corrected chi connectivity index (χ1v) is 7.12. The van der Waals surface area contributed by atoms with Crippen LogP contribution in [-0.4, -0.2) is 16.9 Å². The first-order valence-electron chi connectivity index (χ1n) is 7.12. The number of aromatic nitrogens is 1. The van der Waals surface area contributed by atoms with Gasteiger partial charge in [-0.3, -0.25) is 9.78 Å². The molecule has 1 heterocycles. The molecule has 2 rings (SSSR count). The number of nitrogens with zero attached hydrogens (tertiary/aromatic N) is 1. The van der Waals surface area contributed by atoms with E-state index in [0.717, 1.165) is 18.5 Å². The highest BCUT2D eigenvalue weighted by atomic mass is 35.5. The predicted molar refractivity (Wildman–Crippen MR) is 89.8 cm³/mol. The Morgan fingerprint density at radius 3 is 2.71 bits per heavy atom. The molecule has 6 heteroatoms. The predicted octanol–water partition coefficient (Wildman–Crippen LogP) is 3.01. The van der Waals surface area contributed by atoms with Gasteiger partial charge in [-0.05, 0) is 37.8 Å². The second-order valence-corrected chi connectivity index (χ2v) is 5.46. The number of hydrogen-bond donors (Lipinski definition) is 2.